The molecule has 0 bridgehead atoms. The average molecular weight is 444 g/mol. The summed E-state index contributed by atoms with van der Waals surface area (Å²) in [5.74, 6) is 0.913. The predicted molar refractivity (Wildman–Crippen MR) is 117 cm³/mol. The maximum absolute atomic E-state index is 14.5. The van der Waals surface area contributed by atoms with Crippen molar-refractivity contribution in [2.45, 2.75) is 32.4 Å². The lowest BCUT2D eigenvalue weighted by molar-refractivity contribution is 0.490. The van der Waals surface area contributed by atoms with E-state index in [-0.39, 0.29) is 12.0 Å². The van der Waals surface area contributed by atoms with Crippen LogP contribution < -0.4 is 10.2 Å². The summed E-state index contributed by atoms with van der Waals surface area (Å²) in [6, 6.07) is 8.14. The van der Waals surface area contributed by atoms with Crippen LogP contribution in [0.1, 0.15) is 25.1 Å². The highest BCUT2D eigenvalue weighted by Crippen LogP contribution is 2.30. The van der Waals surface area contributed by atoms with Gasteiger partial charge in [0.2, 0.25) is 11.1 Å². The quantitative estimate of drug-likeness (QED) is 0.489. The molecule has 30 heavy (non-hydrogen) atoms. The van der Waals surface area contributed by atoms with Gasteiger partial charge in [-0.1, -0.05) is 11.6 Å². The Morgan fingerprint density at radius 3 is 2.93 bits per heavy atom. The molecule has 0 radical (unpaired) electrons. The van der Waals surface area contributed by atoms with Gasteiger partial charge in [-0.15, -0.1) is 5.10 Å². The molecular formula is C20H19ClFN7S. The molecule has 1 aliphatic rings. The standard InChI is InChI=1S/C20H19ClFN7S/c1-12-23-20(30-27-12)28-9-3-2-6-17(28)24-19-25-18-14(5-4-10-29(18)26-19)15-11-13(21)7-8-16(15)22/h4-5,7-8,10-11,17H,2-3,6,9H2,1H3,(H,24,26). The molecule has 0 aliphatic carbocycles. The zero-order valence-corrected chi connectivity index (χ0v) is 17.8. The highest BCUT2D eigenvalue weighted by atomic mass is 35.5. The molecule has 0 saturated carbocycles. The SMILES string of the molecule is Cc1nsc(N2CCCCC2Nc2nc3c(-c4cc(Cl)ccc4F)cccn3n2)n1. The van der Waals surface area contributed by atoms with Gasteiger partial charge in [0.1, 0.15) is 17.8 Å². The third-order valence-electron chi connectivity index (χ3n) is 5.14. The van der Waals surface area contributed by atoms with Crippen molar-refractivity contribution in [3.8, 4) is 11.1 Å². The minimum absolute atomic E-state index is 0.0230. The molecule has 1 fully saturated rings. The molecule has 1 unspecified atom stereocenters. The summed E-state index contributed by atoms with van der Waals surface area (Å²) in [6.45, 7) is 2.80. The van der Waals surface area contributed by atoms with Crippen molar-refractivity contribution in [3.05, 3.63) is 53.2 Å². The number of hydrogen-bond acceptors (Lipinski definition) is 7. The fourth-order valence-electron chi connectivity index (χ4n) is 3.74. The number of aromatic nitrogens is 5. The van der Waals surface area contributed by atoms with Crippen molar-refractivity contribution in [3.63, 3.8) is 0 Å². The molecule has 0 spiro atoms. The maximum atomic E-state index is 14.5. The second-order valence-electron chi connectivity index (χ2n) is 7.22. The van der Waals surface area contributed by atoms with E-state index in [0.29, 0.717) is 27.7 Å². The van der Waals surface area contributed by atoms with E-state index in [0.717, 1.165) is 36.8 Å². The van der Waals surface area contributed by atoms with Crippen LogP contribution in [0.25, 0.3) is 16.8 Å². The van der Waals surface area contributed by atoms with Crippen LogP contribution in [0.2, 0.25) is 5.02 Å². The van der Waals surface area contributed by atoms with Gasteiger partial charge in [-0.05, 0) is 56.5 Å². The Kier molecular flexibility index (Phi) is 5.00. The Labute approximate surface area is 181 Å². The number of hydrogen-bond donors (Lipinski definition) is 1. The summed E-state index contributed by atoms with van der Waals surface area (Å²) in [6.07, 6.45) is 4.98. The third kappa shape index (κ3) is 3.59. The van der Waals surface area contributed by atoms with Gasteiger partial charge in [0, 0.05) is 40.4 Å². The highest BCUT2D eigenvalue weighted by molar-refractivity contribution is 7.09. The van der Waals surface area contributed by atoms with Crippen LogP contribution in [0.15, 0.2) is 36.5 Å². The molecule has 1 atom stereocenters. The fourth-order valence-corrected chi connectivity index (χ4v) is 4.67. The maximum Gasteiger partial charge on any atom is 0.244 e. The summed E-state index contributed by atoms with van der Waals surface area (Å²) in [4.78, 5) is 11.4. The van der Waals surface area contributed by atoms with E-state index in [2.05, 4.69) is 29.7 Å². The molecule has 1 aromatic carbocycles. The number of anilines is 2. The fraction of sp³-hybridized carbons (Fsp3) is 0.300. The van der Waals surface area contributed by atoms with Crippen molar-refractivity contribution in [2.24, 2.45) is 0 Å². The van der Waals surface area contributed by atoms with Crippen molar-refractivity contribution >= 4 is 39.9 Å². The molecule has 4 aromatic rings. The highest BCUT2D eigenvalue weighted by Gasteiger charge is 2.26. The molecule has 5 rings (SSSR count). The Morgan fingerprint density at radius 1 is 1.20 bits per heavy atom. The first-order valence-electron chi connectivity index (χ1n) is 9.73. The Morgan fingerprint density at radius 2 is 2.10 bits per heavy atom. The molecule has 154 valence electrons. The largest absolute Gasteiger partial charge is 0.333 e. The number of nitrogens with one attached hydrogen (secondary N) is 1. The first kappa shape index (κ1) is 19.2. The molecule has 4 heterocycles. The van der Waals surface area contributed by atoms with E-state index in [1.807, 2.05) is 19.1 Å². The van der Waals surface area contributed by atoms with Crippen molar-refractivity contribution in [1.29, 1.82) is 0 Å². The van der Waals surface area contributed by atoms with Gasteiger partial charge in [-0.25, -0.2) is 13.9 Å². The van der Waals surface area contributed by atoms with Crippen LogP contribution in [0.3, 0.4) is 0 Å². The van der Waals surface area contributed by atoms with Gasteiger partial charge in [0.05, 0.1) is 0 Å². The minimum Gasteiger partial charge on any atom is -0.333 e. The van der Waals surface area contributed by atoms with Crippen molar-refractivity contribution < 1.29 is 4.39 Å². The van der Waals surface area contributed by atoms with E-state index in [9.17, 15) is 4.39 Å². The molecule has 0 amide bonds. The Balaban J connectivity index is 1.49. The molecular weight excluding hydrogens is 425 g/mol. The van der Waals surface area contributed by atoms with Crippen LogP contribution in [-0.2, 0) is 0 Å². The number of rotatable bonds is 4. The van der Waals surface area contributed by atoms with Gasteiger partial charge in [-0.3, -0.25) is 0 Å². The van der Waals surface area contributed by atoms with Crippen LogP contribution in [0.5, 0.6) is 0 Å². The second-order valence-corrected chi connectivity index (χ2v) is 8.39. The molecule has 10 heteroatoms. The number of fused-ring (bicyclic) bond motifs is 1. The zero-order valence-electron chi connectivity index (χ0n) is 16.2. The van der Waals surface area contributed by atoms with E-state index >= 15 is 0 Å². The third-order valence-corrected chi connectivity index (χ3v) is 6.22. The molecule has 7 nitrogen and oxygen atoms in total. The lowest BCUT2D eigenvalue weighted by Crippen LogP contribution is -2.44. The monoisotopic (exact) mass is 443 g/mol. The zero-order chi connectivity index (χ0) is 20.7. The lowest BCUT2D eigenvalue weighted by Gasteiger charge is -2.35. The Hall–Kier alpha value is -2.78. The van der Waals surface area contributed by atoms with E-state index in [4.69, 9.17) is 11.6 Å². The van der Waals surface area contributed by atoms with E-state index in [1.54, 1.807) is 16.8 Å². The average Bonchev–Trinajstić information content (AvgIpc) is 3.36. The van der Waals surface area contributed by atoms with Crippen molar-refractivity contribution in [1.82, 2.24) is 24.0 Å². The number of benzene rings is 1. The number of nitrogens with zero attached hydrogens (tertiary/aromatic N) is 6. The second kappa shape index (κ2) is 7.81. The minimum atomic E-state index is -0.352. The summed E-state index contributed by atoms with van der Waals surface area (Å²) >= 11 is 7.49. The lowest BCUT2D eigenvalue weighted by atomic mass is 10.1. The molecule has 1 N–H and O–H groups in total. The smallest absolute Gasteiger partial charge is 0.244 e. The van der Waals surface area contributed by atoms with E-state index < -0.39 is 0 Å². The topological polar surface area (TPSA) is 71.2 Å². The number of pyridine rings is 1. The van der Waals surface area contributed by atoms with Gasteiger partial charge in [-0.2, -0.15) is 9.36 Å². The molecule has 1 saturated heterocycles. The summed E-state index contributed by atoms with van der Waals surface area (Å²) in [5, 5.41) is 9.36. The first-order chi connectivity index (χ1) is 14.6. The number of aryl methyl sites for hydroxylation is 1. The summed E-state index contributed by atoms with van der Waals surface area (Å²) < 4.78 is 20.4. The van der Waals surface area contributed by atoms with Gasteiger partial charge < -0.3 is 10.2 Å². The molecule has 3 aromatic heterocycles. The van der Waals surface area contributed by atoms with Gasteiger partial charge >= 0.3 is 0 Å². The van der Waals surface area contributed by atoms with Gasteiger partial charge in [0.25, 0.3) is 0 Å². The van der Waals surface area contributed by atoms with E-state index in [1.165, 1.54) is 23.7 Å². The van der Waals surface area contributed by atoms with Crippen molar-refractivity contribution in [2.75, 3.05) is 16.8 Å². The number of halogens is 2. The summed E-state index contributed by atoms with van der Waals surface area (Å²) in [7, 11) is 0. The first-order valence-corrected chi connectivity index (χ1v) is 10.9. The number of piperidine rings is 1. The summed E-state index contributed by atoms with van der Waals surface area (Å²) in [5.41, 5.74) is 1.60. The Bertz CT molecular complexity index is 1210. The predicted octanol–water partition coefficient (Wildman–Crippen LogP) is 4.78. The van der Waals surface area contributed by atoms with Crippen LogP contribution in [0.4, 0.5) is 15.5 Å². The van der Waals surface area contributed by atoms with Crippen LogP contribution in [0, 0.1) is 12.7 Å². The van der Waals surface area contributed by atoms with Gasteiger partial charge in [0.15, 0.2) is 5.65 Å². The molecule has 1 aliphatic heterocycles. The van der Waals surface area contributed by atoms with Crippen LogP contribution >= 0.6 is 23.1 Å². The normalized spacial score (nSPS) is 16.9. The van der Waals surface area contributed by atoms with Crippen LogP contribution in [-0.4, -0.2) is 36.7 Å².